The molecule has 0 fully saturated rings. The zero-order chi connectivity index (χ0) is 49.4. The fraction of sp³-hybridized carbons (Fsp3) is 0.174. The maximum atomic E-state index is 13.5. The quantitative estimate of drug-likeness (QED) is 0.0710. The van der Waals surface area contributed by atoms with Crippen molar-refractivity contribution in [3.63, 3.8) is 0 Å². The first-order chi connectivity index (χ1) is 32.0. The van der Waals surface area contributed by atoms with Gasteiger partial charge in [-0.2, -0.15) is 0 Å². The van der Waals surface area contributed by atoms with Gasteiger partial charge >= 0.3 is 11.9 Å². The second-order valence-electron chi connectivity index (χ2n) is 15.9. The van der Waals surface area contributed by atoms with Crippen molar-refractivity contribution in [3.8, 4) is 103 Å². The first-order valence-corrected chi connectivity index (χ1v) is 19.9. The summed E-state index contributed by atoms with van der Waals surface area (Å²) in [5, 5.41) is 168. The van der Waals surface area contributed by atoms with Crippen molar-refractivity contribution >= 4 is 11.9 Å². The van der Waals surface area contributed by atoms with Crippen LogP contribution in [0.3, 0.4) is 0 Å². The van der Waals surface area contributed by atoms with E-state index in [1.165, 1.54) is 6.92 Å². The maximum absolute atomic E-state index is 13.5. The van der Waals surface area contributed by atoms with E-state index in [4.69, 9.17) is 18.9 Å². The van der Waals surface area contributed by atoms with E-state index in [0.717, 1.165) is 60.7 Å². The van der Waals surface area contributed by atoms with Crippen LogP contribution in [0.1, 0.15) is 79.1 Å². The highest BCUT2D eigenvalue weighted by Crippen LogP contribution is 2.55. The van der Waals surface area contributed by atoms with Crippen LogP contribution in [-0.4, -0.2) is 106 Å². The van der Waals surface area contributed by atoms with E-state index in [-0.39, 0.29) is 44.9 Å². The number of hydrogen-bond acceptors (Lipinski definition) is 22. The summed E-state index contributed by atoms with van der Waals surface area (Å²) in [5.41, 5.74) is -2.06. The van der Waals surface area contributed by atoms with E-state index in [9.17, 15) is 91.3 Å². The molecule has 0 radical (unpaired) electrons. The van der Waals surface area contributed by atoms with E-state index in [1.54, 1.807) is 0 Å². The predicted octanol–water partition coefficient (Wildman–Crippen LogP) is 4.93. The Balaban J connectivity index is 1.18. The van der Waals surface area contributed by atoms with E-state index in [2.05, 4.69) is 0 Å². The molecular formula is C46H38O22. The van der Waals surface area contributed by atoms with E-state index in [0.29, 0.717) is 0 Å². The van der Waals surface area contributed by atoms with E-state index < -0.39 is 158 Å². The third-order valence-electron chi connectivity index (χ3n) is 11.6. The fourth-order valence-electron chi connectivity index (χ4n) is 8.23. The molecule has 68 heavy (non-hydrogen) atoms. The minimum absolute atomic E-state index is 0.0928. The molecule has 2 aliphatic rings. The number of esters is 2. The number of phenols is 16. The Morgan fingerprint density at radius 1 is 0.426 bits per heavy atom. The highest BCUT2D eigenvalue weighted by Gasteiger charge is 2.42. The molecular weight excluding hydrogens is 904 g/mol. The lowest BCUT2D eigenvalue weighted by Crippen LogP contribution is -2.35. The van der Waals surface area contributed by atoms with E-state index in [1.807, 2.05) is 0 Å². The van der Waals surface area contributed by atoms with E-state index >= 15 is 0 Å². The highest BCUT2D eigenvalue weighted by atomic mass is 16.6. The zero-order valence-electron chi connectivity index (χ0n) is 34.7. The predicted molar refractivity (Wildman–Crippen MR) is 225 cm³/mol. The number of carbonyl (C=O) groups is 2. The van der Waals surface area contributed by atoms with Crippen LogP contribution in [-0.2, 0) is 22.3 Å². The molecule has 0 saturated carbocycles. The molecule has 22 heteroatoms. The maximum Gasteiger partial charge on any atom is 0.338 e. The number of aromatic hydroxyl groups is 16. The van der Waals surface area contributed by atoms with Crippen molar-refractivity contribution in [2.24, 2.45) is 0 Å². The van der Waals surface area contributed by atoms with Gasteiger partial charge in [0.1, 0.15) is 46.7 Å². The number of phenolic OH excluding ortho intramolecular Hbond substituents is 16. The topological polar surface area (TPSA) is 395 Å². The van der Waals surface area contributed by atoms with Gasteiger partial charge in [-0.15, -0.1) is 0 Å². The van der Waals surface area contributed by atoms with Gasteiger partial charge in [-0.05, 0) is 48.5 Å². The summed E-state index contributed by atoms with van der Waals surface area (Å²) in [6.45, 7) is 1.36. The van der Waals surface area contributed by atoms with Crippen LogP contribution in [0.4, 0.5) is 0 Å². The largest absolute Gasteiger partial charge is 0.507 e. The van der Waals surface area contributed by atoms with Crippen LogP contribution in [0.5, 0.6) is 103 Å². The van der Waals surface area contributed by atoms with Crippen LogP contribution in [0.25, 0.3) is 0 Å². The molecule has 354 valence electrons. The van der Waals surface area contributed by atoms with Crippen molar-refractivity contribution in [1.82, 2.24) is 0 Å². The summed E-state index contributed by atoms with van der Waals surface area (Å²) >= 11 is 0. The van der Waals surface area contributed by atoms with Crippen molar-refractivity contribution in [3.05, 3.63) is 105 Å². The molecule has 4 atom stereocenters. The molecule has 0 unspecified atom stereocenters. The van der Waals surface area contributed by atoms with Crippen LogP contribution < -0.4 is 9.47 Å². The highest BCUT2D eigenvalue weighted by molar-refractivity contribution is 5.92. The minimum Gasteiger partial charge on any atom is -0.507 e. The van der Waals surface area contributed by atoms with Crippen molar-refractivity contribution in [2.75, 3.05) is 0 Å². The minimum atomic E-state index is -1.52. The van der Waals surface area contributed by atoms with Crippen LogP contribution in [0.2, 0.25) is 0 Å². The lowest BCUT2D eigenvalue weighted by Gasteiger charge is -2.35. The summed E-state index contributed by atoms with van der Waals surface area (Å²) in [5.74, 6) is -17.5. The number of ether oxygens (including phenoxy) is 4. The second-order valence-corrected chi connectivity index (χ2v) is 15.9. The monoisotopic (exact) mass is 942 g/mol. The molecule has 16 N–H and O–H groups in total. The Hall–Kier alpha value is -9.34. The average molecular weight is 943 g/mol. The van der Waals surface area contributed by atoms with Crippen molar-refractivity contribution < 1.29 is 110 Å². The lowest BCUT2D eigenvalue weighted by atomic mass is 9.84. The number of hydrogen-bond donors (Lipinski definition) is 16. The molecule has 0 amide bonds. The molecule has 2 heterocycles. The zero-order valence-corrected chi connectivity index (χ0v) is 34.7. The normalized spacial score (nSPS) is 17.3. The van der Waals surface area contributed by atoms with Gasteiger partial charge in [-0.25, -0.2) is 9.59 Å². The van der Waals surface area contributed by atoms with Gasteiger partial charge in [0.15, 0.2) is 81.2 Å². The molecule has 8 rings (SSSR count). The number of fused-ring (bicyclic) bond motifs is 2. The smallest absolute Gasteiger partial charge is 0.338 e. The van der Waals surface area contributed by atoms with Crippen LogP contribution in [0.15, 0.2) is 60.7 Å². The summed E-state index contributed by atoms with van der Waals surface area (Å²) in [7, 11) is 0. The Bertz CT molecular complexity index is 2790. The summed E-state index contributed by atoms with van der Waals surface area (Å²) in [6.07, 6.45) is -6.91. The van der Waals surface area contributed by atoms with Crippen LogP contribution >= 0.6 is 0 Å². The molecule has 0 spiro atoms. The molecule has 2 aliphatic heterocycles. The SMILES string of the molecule is CC(c1c(O)cc2c(c1O)C[C@@H](OC(=O)c1cc(O)c(O)c(O)c1)[C@@H](c1cc(O)c(O)c(O)c1)O2)c1c(O)cc2c(c1O)C[C@@H](OC(=O)c1cc(O)c(O)c(O)c1)[C@@H](c1cc(O)c(O)c(O)c1)O2. The Labute approximate surface area is 380 Å². The number of benzene rings is 6. The molecule has 0 aliphatic carbocycles. The van der Waals surface area contributed by atoms with Gasteiger partial charge in [0, 0.05) is 64.3 Å². The molecule has 6 aromatic rings. The number of carbonyl (C=O) groups excluding carboxylic acids is 2. The van der Waals surface area contributed by atoms with Crippen LogP contribution in [0, 0.1) is 0 Å². The molecule has 6 aromatic carbocycles. The molecule has 22 nitrogen and oxygen atoms in total. The first kappa shape index (κ1) is 45.2. The Kier molecular flexibility index (Phi) is 11.0. The van der Waals surface area contributed by atoms with Crippen molar-refractivity contribution in [2.45, 2.75) is 50.1 Å². The third kappa shape index (κ3) is 7.73. The number of rotatable bonds is 8. The second kappa shape index (κ2) is 16.6. The molecule has 0 bridgehead atoms. The van der Waals surface area contributed by atoms with Gasteiger partial charge in [0.2, 0.25) is 0 Å². The summed E-state index contributed by atoms with van der Waals surface area (Å²) in [6, 6.07) is 9.09. The van der Waals surface area contributed by atoms with Gasteiger partial charge in [-0.3, -0.25) is 0 Å². The summed E-state index contributed by atoms with van der Waals surface area (Å²) < 4.78 is 23.6. The Morgan fingerprint density at radius 3 is 1.00 bits per heavy atom. The molecule has 0 saturated heterocycles. The standard InChI is InChI=1S/C46H38O22/c1-14(35-21(47)12-31-19(37(35)57)10-33(43(65-31)15-2-23(49)39(59)24(50)3-15)67-45(63)17-6-27(53)41(61)28(54)7-17)36-22(48)13-32-20(38(36)58)11-34(44(66-32)16-4-25(51)40(60)26(52)5-16)68-46(64)18-8-29(55)42(62)30(56)9-18/h2-9,12-14,33-34,43-44,47-62H,10-11H2,1H3/t33-,34-,43-,44-/m1/s1. The van der Waals surface area contributed by atoms with Crippen molar-refractivity contribution in [1.29, 1.82) is 0 Å². The average Bonchev–Trinajstić information content (AvgIpc) is 3.27. The van der Waals surface area contributed by atoms with Gasteiger partial charge in [0.25, 0.3) is 0 Å². The fourth-order valence-corrected chi connectivity index (χ4v) is 8.23. The lowest BCUT2D eigenvalue weighted by molar-refractivity contribution is -0.0192. The third-order valence-corrected chi connectivity index (χ3v) is 11.6. The Morgan fingerprint density at radius 2 is 0.706 bits per heavy atom. The summed E-state index contributed by atoms with van der Waals surface area (Å²) in [4.78, 5) is 26.9. The first-order valence-electron chi connectivity index (χ1n) is 19.9. The van der Waals surface area contributed by atoms with Gasteiger partial charge < -0.3 is 101 Å². The molecule has 0 aromatic heterocycles. The van der Waals surface area contributed by atoms with Gasteiger partial charge in [-0.1, -0.05) is 6.92 Å². The van der Waals surface area contributed by atoms with Gasteiger partial charge in [0.05, 0.1) is 11.1 Å².